The highest BCUT2D eigenvalue weighted by Crippen LogP contribution is 2.34. The molecule has 106 valence electrons. The Kier molecular flexibility index (Phi) is 3.75. The Balaban J connectivity index is 1.69. The topological polar surface area (TPSA) is 45.5 Å². The van der Waals surface area contributed by atoms with Gasteiger partial charge in [0.25, 0.3) is 0 Å². The van der Waals surface area contributed by atoms with Crippen LogP contribution in [0.3, 0.4) is 0 Å². The van der Waals surface area contributed by atoms with Crippen LogP contribution in [-0.4, -0.2) is 37.0 Å². The lowest BCUT2D eigenvalue weighted by Gasteiger charge is -2.39. The van der Waals surface area contributed by atoms with E-state index >= 15 is 0 Å². The number of aryl methyl sites for hydroxylation is 1. The van der Waals surface area contributed by atoms with Gasteiger partial charge in [-0.2, -0.15) is 5.26 Å². The van der Waals surface area contributed by atoms with Crippen molar-refractivity contribution in [2.24, 2.45) is 0 Å². The maximum Gasteiger partial charge on any atom is 0.170 e. The van der Waals surface area contributed by atoms with E-state index in [1.165, 1.54) is 5.56 Å². The molecule has 2 saturated heterocycles. The highest BCUT2D eigenvalue weighted by atomic mass is 16.7. The van der Waals surface area contributed by atoms with Crippen LogP contribution in [0.1, 0.15) is 30.0 Å². The van der Waals surface area contributed by atoms with Gasteiger partial charge in [-0.05, 0) is 12.5 Å². The van der Waals surface area contributed by atoms with Crippen molar-refractivity contribution >= 4 is 0 Å². The molecule has 2 aliphatic heterocycles. The third-order valence-electron chi connectivity index (χ3n) is 4.25. The Morgan fingerprint density at radius 1 is 1.15 bits per heavy atom. The fourth-order valence-corrected chi connectivity index (χ4v) is 3.02. The fraction of sp³-hybridized carbons (Fsp3) is 0.562. The Bertz CT molecular complexity index is 490. The Morgan fingerprint density at radius 2 is 1.75 bits per heavy atom. The number of piperidine rings is 1. The fourth-order valence-electron chi connectivity index (χ4n) is 3.02. The molecule has 0 bridgehead atoms. The monoisotopic (exact) mass is 272 g/mol. The van der Waals surface area contributed by atoms with Gasteiger partial charge in [-0.15, -0.1) is 0 Å². The zero-order valence-corrected chi connectivity index (χ0v) is 11.8. The number of nitrogens with zero attached hydrogens (tertiary/aromatic N) is 2. The van der Waals surface area contributed by atoms with Gasteiger partial charge in [0.05, 0.1) is 19.3 Å². The molecular weight excluding hydrogens is 252 g/mol. The summed E-state index contributed by atoms with van der Waals surface area (Å²) in [5, 5.41) is 9.50. The number of ether oxygens (including phenoxy) is 2. The zero-order valence-electron chi connectivity index (χ0n) is 11.8. The van der Waals surface area contributed by atoms with Gasteiger partial charge in [0, 0.05) is 25.9 Å². The van der Waals surface area contributed by atoms with Crippen molar-refractivity contribution < 1.29 is 9.47 Å². The molecule has 1 aromatic rings. The number of nitriles is 1. The summed E-state index contributed by atoms with van der Waals surface area (Å²) in [7, 11) is 0. The van der Waals surface area contributed by atoms with Gasteiger partial charge in [0.2, 0.25) is 0 Å². The molecule has 3 rings (SSSR count). The second kappa shape index (κ2) is 5.53. The van der Waals surface area contributed by atoms with E-state index in [0.29, 0.717) is 13.2 Å². The molecule has 2 aliphatic rings. The first-order valence-corrected chi connectivity index (χ1v) is 7.21. The van der Waals surface area contributed by atoms with Crippen LogP contribution in [-0.2, 0) is 9.47 Å². The van der Waals surface area contributed by atoms with E-state index in [0.717, 1.165) is 31.5 Å². The molecule has 0 aromatic heterocycles. The van der Waals surface area contributed by atoms with Crippen LogP contribution in [0.4, 0.5) is 0 Å². The molecule has 0 aliphatic carbocycles. The molecule has 0 amide bonds. The lowest BCUT2D eigenvalue weighted by molar-refractivity contribution is -0.186. The van der Waals surface area contributed by atoms with Gasteiger partial charge < -0.3 is 9.47 Å². The summed E-state index contributed by atoms with van der Waals surface area (Å²) in [5.41, 5.74) is 2.29. The molecule has 0 radical (unpaired) electrons. The minimum Gasteiger partial charge on any atom is -0.347 e. The van der Waals surface area contributed by atoms with E-state index in [1.54, 1.807) is 0 Å². The summed E-state index contributed by atoms with van der Waals surface area (Å²) in [6.45, 7) is 5.13. The molecule has 20 heavy (non-hydrogen) atoms. The summed E-state index contributed by atoms with van der Waals surface area (Å²) < 4.78 is 11.5. The first kappa shape index (κ1) is 13.6. The van der Waals surface area contributed by atoms with Gasteiger partial charge in [-0.1, -0.05) is 29.8 Å². The van der Waals surface area contributed by atoms with Crippen molar-refractivity contribution in [1.29, 1.82) is 5.26 Å². The standard InChI is InChI=1S/C16H20N2O2/c1-13-2-4-14(5-3-13)15(12-17)18-8-6-16(7-9-18)19-10-11-20-16/h2-5,15H,6-11H2,1H3. The molecule has 1 spiro atoms. The molecule has 1 atom stereocenters. The van der Waals surface area contributed by atoms with Crippen LogP contribution in [0, 0.1) is 18.3 Å². The summed E-state index contributed by atoms with van der Waals surface area (Å²) in [6.07, 6.45) is 1.69. The van der Waals surface area contributed by atoms with E-state index in [9.17, 15) is 5.26 Å². The summed E-state index contributed by atoms with van der Waals surface area (Å²) in [5.74, 6) is -0.371. The normalized spacial score (nSPS) is 23.6. The molecule has 0 saturated carbocycles. The predicted molar refractivity (Wildman–Crippen MR) is 75.0 cm³/mol. The zero-order chi connectivity index (χ0) is 14.0. The minimum absolute atomic E-state index is 0.172. The third-order valence-corrected chi connectivity index (χ3v) is 4.25. The lowest BCUT2D eigenvalue weighted by atomic mass is 9.98. The van der Waals surface area contributed by atoms with Crippen LogP contribution < -0.4 is 0 Å². The molecule has 0 N–H and O–H groups in total. The van der Waals surface area contributed by atoms with E-state index in [4.69, 9.17) is 9.47 Å². The summed E-state index contributed by atoms with van der Waals surface area (Å²) in [6, 6.07) is 10.5. The number of likely N-dealkylation sites (tertiary alicyclic amines) is 1. The largest absolute Gasteiger partial charge is 0.347 e. The van der Waals surface area contributed by atoms with E-state index < -0.39 is 0 Å². The van der Waals surface area contributed by atoms with E-state index in [1.807, 2.05) is 0 Å². The van der Waals surface area contributed by atoms with Gasteiger partial charge in [-0.3, -0.25) is 4.90 Å². The van der Waals surface area contributed by atoms with Gasteiger partial charge in [0.15, 0.2) is 5.79 Å². The van der Waals surface area contributed by atoms with Crippen LogP contribution in [0.2, 0.25) is 0 Å². The SMILES string of the molecule is Cc1ccc(C(C#N)N2CCC3(CC2)OCCO3)cc1. The Morgan fingerprint density at radius 3 is 2.30 bits per heavy atom. The van der Waals surface area contributed by atoms with Crippen LogP contribution >= 0.6 is 0 Å². The lowest BCUT2D eigenvalue weighted by Crippen LogP contribution is -2.46. The van der Waals surface area contributed by atoms with Crippen LogP contribution in [0.5, 0.6) is 0 Å². The number of benzene rings is 1. The van der Waals surface area contributed by atoms with Crippen molar-refractivity contribution in [3.05, 3.63) is 35.4 Å². The highest BCUT2D eigenvalue weighted by molar-refractivity contribution is 5.27. The van der Waals surface area contributed by atoms with Crippen molar-refractivity contribution in [2.45, 2.75) is 31.6 Å². The molecule has 1 aromatic carbocycles. The Hall–Kier alpha value is -1.41. The molecule has 2 heterocycles. The average Bonchev–Trinajstić information content (AvgIpc) is 2.92. The second-order valence-corrected chi connectivity index (χ2v) is 5.59. The van der Waals surface area contributed by atoms with E-state index in [-0.39, 0.29) is 11.8 Å². The second-order valence-electron chi connectivity index (χ2n) is 5.59. The molecule has 2 fully saturated rings. The number of hydrogen-bond acceptors (Lipinski definition) is 4. The van der Waals surface area contributed by atoms with Gasteiger partial charge >= 0.3 is 0 Å². The van der Waals surface area contributed by atoms with Crippen molar-refractivity contribution in [3.63, 3.8) is 0 Å². The predicted octanol–water partition coefficient (Wildman–Crippen LogP) is 2.40. The quantitative estimate of drug-likeness (QED) is 0.829. The number of hydrogen-bond donors (Lipinski definition) is 0. The maximum atomic E-state index is 9.50. The number of rotatable bonds is 2. The Labute approximate surface area is 119 Å². The highest BCUT2D eigenvalue weighted by Gasteiger charge is 2.41. The van der Waals surface area contributed by atoms with Crippen LogP contribution in [0.15, 0.2) is 24.3 Å². The van der Waals surface area contributed by atoms with Crippen LogP contribution in [0.25, 0.3) is 0 Å². The van der Waals surface area contributed by atoms with Crippen molar-refractivity contribution in [3.8, 4) is 6.07 Å². The summed E-state index contributed by atoms with van der Waals surface area (Å²) in [4.78, 5) is 2.22. The van der Waals surface area contributed by atoms with Crippen molar-refractivity contribution in [1.82, 2.24) is 4.90 Å². The first-order valence-electron chi connectivity index (χ1n) is 7.21. The van der Waals surface area contributed by atoms with Crippen molar-refractivity contribution in [2.75, 3.05) is 26.3 Å². The van der Waals surface area contributed by atoms with E-state index in [2.05, 4.69) is 42.2 Å². The maximum absolute atomic E-state index is 9.50. The molecule has 4 nitrogen and oxygen atoms in total. The third kappa shape index (κ3) is 2.57. The average molecular weight is 272 g/mol. The van der Waals surface area contributed by atoms with Gasteiger partial charge in [-0.25, -0.2) is 0 Å². The minimum atomic E-state index is -0.371. The molecule has 1 unspecified atom stereocenters. The van der Waals surface area contributed by atoms with Gasteiger partial charge in [0.1, 0.15) is 6.04 Å². The molecule has 4 heteroatoms. The molecular formula is C16H20N2O2. The smallest absolute Gasteiger partial charge is 0.170 e. The first-order chi connectivity index (χ1) is 9.72. The summed E-state index contributed by atoms with van der Waals surface area (Å²) >= 11 is 0.